The van der Waals surface area contributed by atoms with Gasteiger partial charge in [-0.2, -0.15) is 0 Å². The summed E-state index contributed by atoms with van der Waals surface area (Å²) in [5.74, 6) is -0.232. The van der Waals surface area contributed by atoms with E-state index in [0.717, 1.165) is 33.8 Å². The first-order valence-corrected chi connectivity index (χ1v) is 10.5. The van der Waals surface area contributed by atoms with Crippen LogP contribution in [0.3, 0.4) is 0 Å². The van der Waals surface area contributed by atoms with Crippen molar-refractivity contribution in [2.24, 2.45) is 0 Å². The molecule has 2 N–H and O–H groups in total. The summed E-state index contributed by atoms with van der Waals surface area (Å²) in [5, 5.41) is 8.92. The van der Waals surface area contributed by atoms with Gasteiger partial charge >= 0.3 is 0 Å². The van der Waals surface area contributed by atoms with Crippen molar-refractivity contribution in [1.29, 1.82) is 0 Å². The van der Waals surface area contributed by atoms with Crippen LogP contribution in [-0.2, 0) is 16.0 Å². The van der Waals surface area contributed by atoms with Gasteiger partial charge in [0.2, 0.25) is 11.8 Å². The number of nitrogens with zero attached hydrogens (tertiary/aromatic N) is 1. The molecule has 1 unspecified atom stereocenters. The van der Waals surface area contributed by atoms with Gasteiger partial charge in [0, 0.05) is 24.4 Å². The Kier molecular flexibility index (Phi) is 7.14. The van der Waals surface area contributed by atoms with Crippen molar-refractivity contribution in [3.63, 3.8) is 0 Å². The third kappa shape index (κ3) is 6.26. The first-order chi connectivity index (χ1) is 14.0. The summed E-state index contributed by atoms with van der Waals surface area (Å²) >= 11 is 1.64. The number of amides is 2. The maximum absolute atomic E-state index is 12.4. The Bertz CT molecular complexity index is 952. The van der Waals surface area contributed by atoms with E-state index in [2.05, 4.69) is 45.3 Å². The van der Waals surface area contributed by atoms with Crippen molar-refractivity contribution in [2.45, 2.75) is 32.7 Å². The number of carbonyl (C=O) groups excluding carboxylic acids is 2. The van der Waals surface area contributed by atoms with E-state index in [1.54, 1.807) is 11.3 Å². The summed E-state index contributed by atoms with van der Waals surface area (Å²) in [7, 11) is 0. The molecule has 3 aromatic rings. The maximum atomic E-state index is 12.4. The molecule has 0 saturated carbocycles. The van der Waals surface area contributed by atoms with E-state index in [1.807, 2.05) is 37.3 Å². The van der Waals surface area contributed by atoms with E-state index in [0.29, 0.717) is 6.54 Å². The van der Waals surface area contributed by atoms with Gasteiger partial charge in [0.1, 0.15) is 0 Å². The van der Waals surface area contributed by atoms with Crippen LogP contribution < -0.4 is 10.6 Å². The number of benzene rings is 2. The number of aromatic nitrogens is 1. The van der Waals surface area contributed by atoms with Crippen LogP contribution >= 0.6 is 11.3 Å². The molecule has 0 aliphatic heterocycles. The van der Waals surface area contributed by atoms with E-state index in [4.69, 9.17) is 0 Å². The normalized spacial score (nSPS) is 11.7. The van der Waals surface area contributed by atoms with Gasteiger partial charge in [0.05, 0.1) is 23.2 Å². The summed E-state index contributed by atoms with van der Waals surface area (Å²) in [5.41, 5.74) is 4.17. The Morgan fingerprint density at radius 1 is 1.07 bits per heavy atom. The van der Waals surface area contributed by atoms with Gasteiger partial charge in [0.15, 0.2) is 0 Å². The Morgan fingerprint density at radius 2 is 1.79 bits per heavy atom. The molecule has 1 atom stereocenters. The van der Waals surface area contributed by atoms with Crippen molar-refractivity contribution in [1.82, 2.24) is 15.6 Å². The fourth-order valence-corrected chi connectivity index (χ4v) is 3.75. The van der Waals surface area contributed by atoms with Gasteiger partial charge in [-0.3, -0.25) is 9.59 Å². The monoisotopic (exact) mass is 407 g/mol. The van der Waals surface area contributed by atoms with Crippen LogP contribution in [0.15, 0.2) is 60.0 Å². The highest BCUT2D eigenvalue weighted by atomic mass is 32.1. The molecule has 0 aliphatic carbocycles. The lowest BCUT2D eigenvalue weighted by Gasteiger charge is -2.18. The smallest absolute Gasteiger partial charge is 0.222 e. The molecule has 0 bridgehead atoms. The summed E-state index contributed by atoms with van der Waals surface area (Å²) in [6, 6.07) is 17.5. The number of rotatable bonds is 8. The molecular formula is C23H25N3O2S. The van der Waals surface area contributed by atoms with Crippen molar-refractivity contribution in [3.05, 3.63) is 76.1 Å². The first kappa shape index (κ1) is 20.7. The number of nitrogens with one attached hydrogen (secondary N) is 2. The molecule has 0 saturated heterocycles. The summed E-state index contributed by atoms with van der Waals surface area (Å²) < 4.78 is 0. The molecule has 29 heavy (non-hydrogen) atoms. The van der Waals surface area contributed by atoms with Crippen LogP contribution in [0, 0.1) is 6.92 Å². The molecule has 150 valence electrons. The zero-order chi connectivity index (χ0) is 20.6. The molecule has 0 aliphatic rings. The second-order valence-corrected chi connectivity index (χ2v) is 7.98. The second kappa shape index (κ2) is 9.98. The molecule has 2 aromatic carbocycles. The van der Waals surface area contributed by atoms with Gasteiger partial charge in [-0.25, -0.2) is 4.98 Å². The van der Waals surface area contributed by atoms with Crippen LogP contribution in [0.4, 0.5) is 0 Å². The van der Waals surface area contributed by atoms with Crippen molar-refractivity contribution >= 4 is 23.2 Å². The van der Waals surface area contributed by atoms with Crippen LogP contribution in [0.2, 0.25) is 0 Å². The third-order valence-corrected chi connectivity index (χ3v) is 5.35. The highest BCUT2D eigenvalue weighted by molar-refractivity contribution is 7.09. The molecule has 2 amide bonds. The van der Waals surface area contributed by atoms with Gasteiger partial charge < -0.3 is 10.6 Å². The van der Waals surface area contributed by atoms with E-state index < -0.39 is 0 Å². The SMILES string of the molecule is CC(=O)NC(CC(=O)NCCc1ccc(-c2csc(C)n2)cc1)c1ccccc1. The van der Waals surface area contributed by atoms with E-state index in [9.17, 15) is 9.59 Å². The average molecular weight is 408 g/mol. The van der Waals surface area contributed by atoms with Crippen LogP contribution in [-0.4, -0.2) is 23.3 Å². The van der Waals surface area contributed by atoms with Gasteiger partial charge in [0.25, 0.3) is 0 Å². The zero-order valence-corrected chi connectivity index (χ0v) is 17.5. The Balaban J connectivity index is 1.50. The molecular weight excluding hydrogens is 382 g/mol. The molecule has 6 heteroatoms. The van der Waals surface area contributed by atoms with Crippen molar-refractivity contribution < 1.29 is 9.59 Å². The van der Waals surface area contributed by atoms with Crippen LogP contribution in [0.1, 0.15) is 35.5 Å². The number of aryl methyl sites for hydroxylation is 1. The van der Waals surface area contributed by atoms with Crippen LogP contribution in [0.25, 0.3) is 11.3 Å². The Morgan fingerprint density at radius 3 is 2.41 bits per heavy atom. The first-order valence-electron chi connectivity index (χ1n) is 9.61. The predicted molar refractivity (Wildman–Crippen MR) is 117 cm³/mol. The maximum Gasteiger partial charge on any atom is 0.222 e. The lowest BCUT2D eigenvalue weighted by atomic mass is 10.0. The molecule has 1 heterocycles. The number of hydrogen-bond acceptors (Lipinski definition) is 4. The fraction of sp³-hybridized carbons (Fsp3) is 0.261. The molecule has 5 nitrogen and oxygen atoms in total. The molecule has 0 spiro atoms. The average Bonchev–Trinajstić information content (AvgIpc) is 3.15. The van der Waals surface area contributed by atoms with Crippen LogP contribution in [0.5, 0.6) is 0 Å². The second-order valence-electron chi connectivity index (χ2n) is 6.92. The zero-order valence-electron chi connectivity index (χ0n) is 16.6. The van der Waals surface area contributed by atoms with Gasteiger partial charge in [-0.05, 0) is 24.5 Å². The highest BCUT2D eigenvalue weighted by Crippen LogP contribution is 2.22. The largest absolute Gasteiger partial charge is 0.356 e. The fourth-order valence-electron chi connectivity index (χ4n) is 3.12. The summed E-state index contributed by atoms with van der Waals surface area (Å²) in [6.07, 6.45) is 0.962. The molecule has 3 rings (SSSR count). The minimum absolute atomic E-state index is 0.0813. The Labute approximate surface area is 175 Å². The van der Waals surface area contributed by atoms with Gasteiger partial charge in [-0.15, -0.1) is 11.3 Å². The molecule has 0 fully saturated rings. The minimum atomic E-state index is -0.324. The molecule has 0 radical (unpaired) electrons. The number of hydrogen-bond donors (Lipinski definition) is 2. The lowest BCUT2D eigenvalue weighted by Crippen LogP contribution is -2.33. The quantitative estimate of drug-likeness (QED) is 0.592. The number of carbonyl (C=O) groups is 2. The lowest BCUT2D eigenvalue weighted by molar-refractivity contribution is -0.122. The summed E-state index contributed by atoms with van der Waals surface area (Å²) in [4.78, 5) is 28.4. The van der Waals surface area contributed by atoms with E-state index in [-0.39, 0.29) is 24.3 Å². The van der Waals surface area contributed by atoms with E-state index >= 15 is 0 Å². The Hall–Kier alpha value is -2.99. The highest BCUT2D eigenvalue weighted by Gasteiger charge is 2.16. The van der Waals surface area contributed by atoms with Crippen molar-refractivity contribution in [3.8, 4) is 11.3 Å². The minimum Gasteiger partial charge on any atom is -0.356 e. The van der Waals surface area contributed by atoms with E-state index in [1.165, 1.54) is 6.92 Å². The van der Waals surface area contributed by atoms with Gasteiger partial charge in [-0.1, -0.05) is 54.6 Å². The summed E-state index contributed by atoms with van der Waals surface area (Å²) in [6.45, 7) is 4.01. The standard InChI is InChI=1S/C23H25N3O2S/c1-16(27)25-21(19-6-4-3-5-7-19)14-23(28)24-13-12-18-8-10-20(11-9-18)22-15-29-17(2)26-22/h3-11,15,21H,12-14H2,1-2H3,(H,24,28)(H,25,27). The number of thiazole rings is 1. The topological polar surface area (TPSA) is 71.1 Å². The molecule has 1 aromatic heterocycles. The predicted octanol–water partition coefficient (Wildman–Crippen LogP) is 4.04. The third-order valence-electron chi connectivity index (χ3n) is 4.57. The van der Waals surface area contributed by atoms with Crippen molar-refractivity contribution in [2.75, 3.05) is 6.54 Å².